The maximum Gasteiger partial charge on any atom is 0.191 e. The van der Waals surface area contributed by atoms with Gasteiger partial charge in [0.2, 0.25) is 0 Å². The maximum atomic E-state index is 5.67. The molecule has 0 spiro atoms. The number of benzene rings is 1. The zero-order valence-electron chi connectivity index (χ0n) is 19.2. The van der Waals surface area contributed by atoms with E-state index < -0.39 is 0 Å². The molecule has 0 aliphatic carbocycles. The summed E-state index contributed by atoms with van der Waals surface area (Å²) >= 11 is 0. The van der Waals surface area contributed by atoms with E-state index in [1.807, 2.05) is 7.05 Å². The molecule has 2 N–H and O–H groups in total. The monoisotopic (exact) mass is 528 g/mol. The Morgan fingerprint density at radius 2 is 1.73 bits per heavy atom. The van der Waals surface area contributed by atoms with E-state index in [2.05, 4.69) is 65.6 Å². The first kappa shape index (κ1) is 25.4. The summed E-state index contributed by atoms with van der Waals surface area (Å²) in [7, 11) is 1.86. The minimum atomic E-state index is 0. The van der Waals surface area contributed by atoms with Crippen LogP contribution < -0.4 is 10.6 Å². The molecule has 2 heterocycles. The Bertz CT molecular complexity index is 650. The average molecular weight is 529 g/mol. The molecule has 2 saturated heterocycles. The number of hydrogen-bond acceptors (Lipinski definition) is 3. The molecule has 2 fully saturated rings. The molecule has 1 aromatic carbocycles. The van der Waals surface area contributed by atoms with Crippen molar-refractivity contribution in [1.29, 1.82) is 0 Å². The molecule has 2 aliphatic heterocycles. The van der Waals surface area contributed by atoms with E-state index in [1.165, 1.54) is 37.1 Å². The van der Waals surface area contributed by atoms with Crippen LogP contribution in [0.3, 0.4) is 0 Å². The summed E-state index contributed by atoms with van der Waals surface area (Å²) in [6.45, 7) is 11.8. The van der Waals surface area contributed by atoms with Gasteiger partial charge in [-0.15, -0.1) is 24.0 Å². The van der Waals surface area contributed by atoms with Gasteiger partial charge in [-0.2, -0.15) is 0 Å². The molecule has 170 valence electrons. The number of nitrogens with one attached hydrogen (secondary N) is 2. The molecule has 2 aliphatic rings. The fraction of sp³-hybridized carbons (Fsp3) is 0.708. The molecule has 0 aromatic heterocycles. The van der Waals surface area contributed by atoms with E-state index >= 15 is 0 Å². The molecule has 3 rings (SSSR count). The van der Waals surface area contributed by atoms with E-state index in [1.54, 1.807) is 0 Å². The van der Waals surface area contributed by atoms with Gasteiger partial charge in [0.15, 0.2) is 5.96 Å². The fourth-order valence-corrected chi connectivity index (χ4v) is 4.69. The molecule has 1 unspecified atom stereocenters. The van der Waals surface area contributed by atoms with Gasteiger partial charge in [-0.3, -0.25) is 9.89 Å². The fourth-order valence-electron chi connectivity index (χ4n) is 4.69. The predicted molar refractivity (Wildman–Crippen MR) is 137 cm³/mol. The Morgan fingerprint density at radius 3 is 2.30 bits per heavy atom. The lowest BCUT2D eigenvalue weighted by atomic mass is 9.88. The number of nitrogens with zero attached hydrogens (tertiary/aromatic N) is 2. The van der Waals surface area contributed by atoms with E-state index in [4.69, 9.17) is 4.74 Å². The molecule has 1 aromatic rings. The van der Waals surface area contributed by atoms with E-state index in [9.17, 15) is 0 Å². The molecule has 1 atom stereocenters. The van der Waals surface area contributed by atoms with Gasteiger partial charge in [0.1, 0.15) is 0 Å². The maximum absolute atomic E-state index is 5.67. The lowest BCUT2D eigenvalue weighted by molar-refractivity contribution is -0.0164. The minimum absolute atomic E-state index is 0. The van der Waals surface area contributed by atoms with Gasteiger partial charge in [-0.05, 0) is 69.2 Å². The average Bonchev–Trinajstić information content (AvgIpc) is 3.27. The van der Waals surface area contributed by atoms with Crippen LogP contribution in [0.25, 0.3) is 0 Å². The second kappa shape index (κ2) is 12.2. The summed E-state index contributed by atoms with van der Waals surface area (Å²) in [5.74, 6) is 1.57. The van der Waals surface area contributed by atoms with Gasteiger partial charge >= 0.3 is 0 Å². The Labute approximate surface area is 200 Å². The van der Waals surface area contributed by atoms with Gasteiger partial charge in [-0.1, -0.05) is 38.1 Å². The van der Waals surface area contributed by atoms with Crippen LogP contribution in [0.2, 0.25) is 0 Å². The van der Waals surface area contributed by atoms with Crippen LogP contribution in [0.5, 0.6) is 0 Å². The van der Waals surface area contributed by atoms with Crippen molar-refractivity contribution in [1.82, 2.24) is 15.5 Å². The number of hydrogen-bond donors (Lipinski definition) is 2. The first-order valence-electron chi connectivity index (χ1n) is 11.4. The number of likely N-dealkylation sites (tertiary alicyclic amines) is 1. The van der Waals surface area contributed by atoms with Crippen molar-refractivity contribution in [3.05, 3.63) is 35.4 Å². The third kappa shape index (κ3) is 6.82. The van der Waals surface area contributed by atoms with Gasteiger partial charge in [0.25, 0.3) is 0 Å². The Balaban J connectivity index is 0.00000320. The summed E-state index contributed by atoms with van der Waals surface area (Å²) in [4.78, 5) is 7.18. The van der Waals surface area contributed by atoms with Crippen molar-refractivity contribution in [2.45, 2.75) is 64.5 Å². The number of guanidine groups is 1. The van der Waals surface area contributed by atoms with Crippen molar-refractivity contribution in [3.63, 3.8) is 0 Å². The molecule has 5 nitrogen and oxygen atoms in total. The number of rotatable bonds is 7. The van der Waals surface area contributed by atoms with Crippen molar-refractivity contribution >= 4 is 29.9 Å². The summed E-state index contributed by atoms with van der Waals surface area (Å²) in [5, 5.41) is 7.22. The number of aliphatic imine (C=N–C) groups is 1. The van der Waals surface area contributed by atoms with E-state index in [-0.39, 0.29) is 35.6 Å². The second-order valence-electron chi connectivity index (χ2n) is 9.16. The molecular formula is C24H41IN4O. The molecular weight excluding hydrogens is 487 g/mol. The summed E-state index contributed by atoms with van der Waals surface area (Å²) in [5.41, 5.74) is 2.90. The summed E-state index contributed by atoms with van der Waals surface area (Å²) < 4.78 is 5.67. The molecule has 0 saturated carbocycles. The quantitative estimate of drug-likeness (QED) is 0.314. The molecule has 30 heavy (non-hydrogen) atoms. The topological polar surface area (TPSA) is 48.9 Å². The smallest absolute Gasteiger partial charge is 0.191 e. The highest BCUT2D eigenvalue weighted by molar-refractivity contribution is 14.0. The molecule has 0 radical (unpaired) electrons. The lowest BCUT2D eigenvalue weighted by Gasteiger charge is -2.45. The SMILES string of the molecule is CN=C(NCC1(N2CCCC2)CCOCC1)NC(C)c1ccc(CC(C)C)cc1.I. The van der Waals surface area contributed by atoms with Crippen LogP contribution in [0.4, 0.5) is 0 Å². The summed E-state index contributed by atoms with van der Waals surface area (Å²) in [6, 6.07) is 9.22. The van der Waals surface area contributed by atoms with E-state index in [0.717, 1.165) is 45.0 Å². The first-order valence-corrected chi connectivity index (χ1v) is 11.4. The second-order valence-corrected chi connectivity index (χ2v) is 9.16. The first-order chi connectivity index (χ1) is 14.0. The zero-order valence-corrected chi connectivity index (χ0v) is 21.6. The largest absolute Gasteiger partial charge is 0.381 e. The van der Waals surface area contributed by atoms with Crippen LogP contribution in [-0.2, 0) is 11.2 Å². The third-order valence-electron chi connectivity index (χ3n) is 6.49. The predicted octanol–water partition coefficient (Wildman–Crippen LogP) is 4.37. The van der Waals surface area contributed by atoms with Gasteiger partial charge in [0.05, 0.1) is 6.04 Å². The molecule has 6 heteroatoms. The van der Waals surface area contributed by atoms with Crippen molar-refractivity contribution in [3.8, 4) is 0 Å². The zero-order chi connectivity index (χ0) is 20.7. The highest BCUT2D eigenvalue weighted by Crippen LogP contribution is 2.30. The van der Waals surface area contributed by atoms with Gasteiger partial charge in [0, 0.05) is 32.3 Å². The van der Waals surface area contributed by atoms with Gasteiger partial charge in [-0.25, -0.2) is 0 Å². The van der Waals surface area contributed by atoms with Crippen LogP contribution >= 0.6 is 24.0 Å². The minimum Gasteiger partial charge on any atom is -0.381 e. The van der Waals surface area contributed by atoms with Crippen molar-refractivity contribution in [2.75, 3.05) is 39.9 Å². The number of ether oxygens (including phenoxy) is 1. The highest BCUT2D eigenvalue weighted by Gasteiger charge is 2.39. The van der Waals surface area contributed by atoms with Crippen LogP contribution in [0.15, 0.2) is 29.3 Å². The van der Waals surface area contributed by atoms with Crippen LogP contribution in [-0.4, -0.2) is 56.3 Å². The van der Waals surface area contributed by atoms with Crippen molar-refractivity contribution < 1.29 is 4.74 Å². The number of halogens is 1. The molecule has 0 bridgehead atoms. The molecule has 0 amide bonds. The lowest BCUT2D eigenvalue weighted by Crippen LogP contribution is -2.58. The third-order valence-corrected chi connectivity index (χ3v) is 6.49. The van der Waals surface area contributed by atoms with Crippen molar-refractivity contribution in [2.24, 2.45) is 10.9 Å². The Morgan fingerprint density at radius 1 is 1.10 bits per heavy atom. The summed E-state index contributed by atoms with van der Waals surface area (Å²) in [6.07, 6.45) is 5.97. The Hall–Kier alpha value is -0.860. The highest BCUT2D eigenvalue weighted by atomic mass is 127. The van der Waals surface area contributed by atoms with Crippen LogP contribution in [0, 0.1) is 5.92 Å². The van der Waals surface area contributed by atoms with Gasteiger partial charge < -0.3 is 15.4 Å². The Kier molecular flexibility index (Phi) is 10.4. The standard InChI is InChI=1S/C24H40N4O.HI/c1-19(2)17-21-7-9-22(10-8-21)20(3)27-23(25-4)26-18-24(11-15-29-16-12-24)28-13-5-6-14-28;/h7-10,19-20H,5-6,11-18H2,1-4H3,(H2,25,26,27);1H. The van der Waals surface area contributed by atoms with Crippen LogP contribution in [0.1, 0.15) is 63.6 Å². The van der Waals surface area contributed by atoms with E-state index in [0.29, 0.717) is 5.92 Å². The normalized spacial score (nSPS) is 20.6.